The van der Waals surface area contributed by atoms with Crippen molar-refractivity contribution in [2.75, 3.05) is 0 Å². The van der Waals surface area contributed by atoms with E-state index in [2.05, 4.69) is 41.5 Å². The molecule has 0 saturated heterocycles. The summed E-state index contributed by atoms with van der Waals surface area (Å²) in [6, 6.07) is 0. The second-order valence-electron chi connectivity index (χ2n) is 6.59. The van der Waals surface area contributed by atoms with E-state index in [-0.39, 0.29) is 0 Å². The van der Waals surface area contributed by atoms with Gasteiger partial charge in [-0.25, -0.2) is 0 Å². The predicted molar refractivity (Wildman–Crippen MR) is 73.5 cm³/mol. The Morgan fingerprint density at radius 3 is 2.19 bits per heavy atom. The van der Waals surface area contributed by atoms with Gasteiger partial charge in [-0.1, -0.05) is 67.2 Å². The fraction of sp³-hybridized carbons (Fsp3) is 1.00. The minimum Gasteiger partial charge on any atom is -0.0654 e. The van der Waals surface area contributed by atoms with Gasteiger partial charge in [-0.3, -0.25) is 0 Å². The van der Waals surface area contributed by atoms with Crippen LogP contribution in [-0.2, 0) is 0 Å². The van der Waals surface area contributed by atoms with E-state index in [0.29, 0.717) is 5.41 Å². The second kappa shape index (κ2) is 5.56. The maximum absolute atomic E-state index is 2.51. The molecule has 0 aromatic carbocycles. The zero-order valence-corrected chi connectivity index (χ0v) is 12.3. The predicted octanol–water partition coefficient (Wildman–Crippen LogP) is 5.52. The first-order valence-corrected chi connectivity index (χ1v) is 7.47. The van der Waals surface area contributed by atoms with Gasteiger partial charge in [0, 0.05) is 0 Å². The van der Waals surface area contributed by atoms with Crippen molar-refractivity contribution in [2.45, 2.75) is 73.6 Å². The van der Waals surface area contributed by atoms with Gasteiger partial charge in [0.05, 0.1) is 0 Å². The number of rotatable bonds is 7. The third kappa shape index (κ3) is 2.81. The molecule has 16 heavy (non-hydrogen) atoms. The Morgan fingerprint density at radius 1 is 1.25 bits per heavy atom. The molecule has 96 valence electrons. The molecule has 0 N–H and O–H groups in total. The highest BCUT2D eigenvalue weighted by Gasteiger charge is 2.52. The normalized spacial score (nSPS) is 34.5. The molecule has 0 aromatic heterocycles. The van der Waals surface area contributed by atoms with E-state index in [1.165, 1.54) is 32.1 Å². The molecule has 1 fully saturated rings. The van der Waals surface area contributed by atoms with Crippen LogP contribution in [0.25, 0.3) is 0 Å². The summed E-state index contributed by atoms with van der Waals surface area (Å²) in [7, 11) is 0. The van der Waals surface area contributed by atoms with Crippen LogP contribution in [0.4, 0.5) is 0 Å². The zero-order valence-electron chi connectivity index (χ0n) is 12.3. The third-order valence-electron chi connectivity index (χ3n) is 5.61. The van der Waals surface area contributed by atoms with Crippen LogP contribution in [0.15, 0.2) is 0 Å². The summed E-state index contributed by atoms with van der Waals surface area (Å²) in [5.74, 6) is 3.75. The minimum absolute atomic E-state index is 0.668. The molecule has 0 aliphatic heterocycles. The lowest BCUT2D eigenvalue weighted by Crippen LogP contribution is -2.26. The van der Waals surface area contributed by atoms with Gasteiger partial charge in [-0.2, -0.15) is 0 Å². The van der Waals surface area contributed by atoms with Gasteiger partial charge in [-0.15, -0.1) is 0 Å². The summed E-state index contributed by atoms with van der Waals surface area (Å²) in [6.07, 6.45) is 7.03. The summed E-state index contributed by atoms with van der Waals surface area (Å²) in [6.45, 7) is 14.6. The molecule has 0 bridgehead atoms. The molecule has 0 nitrogen and oxygen atoms in total. The van der Waals surface area contributed by atoms with Crippen molar-refractivity contribution in [3.63, 3.8) is 0 Å². The lowest BCUT2D eigenvalue weighted by atomic mass is 9.72. The Hall–Kier alpha value is 0. The average Bonchev–Trinajstić information content (AvgIpc) is 2.86. The van der Waals surface area contributed by atoms with Gasteiger partial charge in [0.2, 0.25) is 0 Å². The molecule has 0 aromatic rings. The number of unbranched alkanes of at least 4 members (excludes halogenated alkanes) is 1. The molecule has 5 atom stereocenters. The number of hydrogen-bond donors (Lipinski definition) is 0. The van der Waals surface area contributed by atoms with Crippen LogP contribution in [0.2, 0.25) is 0 Å². The molecule has 0 radical (unpaired) electrons. The first-order valence-electron chi connectivity index (χ1n) is 7.47. The fourth-order valence-corrected chi connectivity index (χ4v) is 3.71. The van der Waals surface area contributed by atoms with Gasteiger partial charge < -0.3 is 0 Å². The SMILES string of the molecule is CCCCC(C)C(CC)C(C)C1(C)CC1C. The Bertz CT molecular complexity index is 208. The largest absolute Gasteiger partial charge is 0.0654 e. The highest BCUT2D eigenvalue weighted by atomic mass is 14.6. The van der Waals surface area contributed by atoms with Crippen molar-refractivity contribution in [1.29, 1.82) is 0 Å². The first kappa shape index (κ1) is 14.1. The lowest BCUT2D eigenvalue weighted by molar-refractivity contribution is 0.157. The Labute approximate surface area is 103 Å². The summed E-state index contributed by atoms with van der Waals surface area (Å²) in [4.78, 5) is 0. The summed E-state index contributed by atoms with van der Waals surface area (Å²) in [5.41, 5.74) is 0.668. The summed E-state index contributed by atoms with van der Waals surface area (Å²) < 4.78 is 0. The average molecular weight is 224 g/mol. The van der Waals surface area contributed by atoms with Gasteiger partial charge >= 0.3 is 0 Å². The first-order chi connectivity index (χ1) is 7.47. The van der Waals surface area contributed by atoms with Crippen LogP contribution in [0.3, 0.4) is 0 Å². The topological polar surface area (TPSA) is 0 Å². The molecule has 0 heterocycles. The lowest BCUT2D eigenvalue weighted by Gasteiger charge is -2.33. The van der Waals surface area contributed by atoms with Crippen molar-refractivity contribution in [2.24, 2.45) is 29.1 Å². The van der Waals surface area contributed by atoms with Gasteiger partial charge in [0.15, 0.2) is 0 Å². The van der Waals surface area contributed by atoms with Crippen molar-refractivity contribution < 1.29 is 0 Å². The summed E-state index contributed by atoms with van der Waals surface area (Å²) >= 11 is 0. The van der Waals surface area contributed by atoms with Gasteiger partial charge in [-0.05, 0) is 35.5 Å². The van der Waals surface area contributed by atoms with Crippen LogP contribution in [0.1, 0.15) is 73.6 Å². The maximum Gasteiger partial charge on any atom is -0.0269 e. The highest BCUT2D eigenvalue weighted by molar-refractivity contribution is 5.01. The van der Waals surface area contributed by atoms with Gasteiger partial charge in [0.1, 0.15) is 0 Å². The quantitative estimate of drug-likeness (QED) is 0.534. The molecule has 1 aliphatic rings. The Kier molecular flexibility index (Phi) is 4.88. The maximum atomic E-state index is 2.51. The molecular formula is C16H32. The molecule has 0 spiro atoms. The highest BCUT2D eigenvalue weighted by Crippen LogP contribution is 2.60. The minimum atomic E-state index is 0.668. The molecule has 1 rings (SSSR count). The standard InChI is InChI=1S/C16H32/c1-7-9-10-12(3)15(8-2)14(5)16(6)11-13(16)4/h12-15H,7-11H2,1-6H3. The van der Waals surface area contributed by atoms with E-state index in [1.807, 2.05) is 0 Å². The van der Waals surface area contributed by atoms with E-state index in [4.69, 9.17) is 0 Å². The van der Waals surface area contributed by atoms with E-state index >= 15 is 0 Å². The monoisotopic (exact) mass is 224 g/mol. The molecule has 0 heteroatoms. The van der Waals surface area contributed by atoms with Crippen molar-refractivity contribution in [1.82, 2.24) is 0 Å². The molecule has 5 unspecified atom stereocenters. The van der Waals surface area contributed by atoms with Crippen molar-refractivity contribution in [3.8, 4) is 0 Å². The summed E-state index contributed by atoms with van der Waals surface area (Å²) in [5, 5.41) is 0. The van der Waals surface area contributed by atoms with E-state index < -0.39 is 0 Å². The van der Waals surface area contributed by atoms with Crippen molar-refractivity contribution in [3.05, 3.63) is 0 Å². The Morgan fingerprint density at radius 2 is 1.81 bits per heavy atom. The van der Waals surface area contributed by atoms with E-state index in [9.17, 15) is 0 Å². The van der Waals surface area contributed by atoms with E-state index in [0.717, 1.165) is 23.7 Å². The van der Waals surface area contributed by atoms with Crippen LogP contribution < -0.4 is 0 Å². The molecule has 0 amide bonds. The third-order valence-corrected chi connectivity index (χ3v) is 5.61. The van der Waals surface area contributed by atoms with Crippen LogP contribution in [0.5, 0.6) is 0 Å². The van der Waals surface area contributed by atoms with Gasteiger partial charge in [0.25, 0.3) is 0 Å². The molecular weight excluding hydrogens is 192 g/mol. The molecule has 1 aliphatic carbocycles. The van der Waals surface area contributed by atoms with Crippen LogP contribution in [-0.4, -0.2) is 0 Å². The van der Waals surface area contributed by atoms with Crippen molar-refractivity contribution >= 4 is 0 Å². The van der Waals surface area contributed by atoms with Crippen LogP contribution in [0, 0.1) is 29.1 Å². The zero-order chi connectivity index (χ0) is 12.3. The Balaban J connectivity index is 2.53. The van der Waals surface area contributed by atoms with Crippen LogP contribution >= 0.6 is 0 Å². The second-order valence-corrected chi connectivity index (χ2v) is 6.59. The fourth-order valence-electron chi connectivity index (χ4n) is 3.71. The smallest absolute Gasteiger partial charge is 0.0269 e. The molecule has 1 saturated carbocycles. The van der Waals surface area contributed by atoms with E-state index in [1.54, 1.807) is 0 Å². The number of hydrogen-bond acceptors (Lipinski definition) is 0.